The summed E-state index contributed by atoms with van der Waals surface area (Å²) in [6.07, 6.45) is 0. The number of non-ortho nitro benzene ring substituents is 1. The van der Waals surface area contributed by atoms with Gasteiger partial charge in [0.15, 0.2) is 0 Å². The SMILES string of the molecule is CN(C(=O)c1cccc([N+](=O)[O-])c1)C(C)(C)CO. The van der Waals surface area contributed by atoms with Crippen molar-refractivity contribution in [2.75, 3.05) is 13.7 Å². The highest BCUT2D eigenvalue weighted by molar-refractivity contribution is 5.95. The number of benzene rings is 1. The van der Waals surface area contributed by atoms with Crippen molar-refractivity contribution < 1.29 is 14.8 Å². The molecule has 1 amide bonds. The zero-order chi connectivity index (χ0) is 13.9. The lowest BCUT2D eigenvalue weighted by Crippen LogP contribution is -2.47. The molecule has 0 bridgehead atoms. The zero-order valence-electron chi connectivity index (χ0n) is 10.6. The van der Waals surface area contributed by atoms with E-state index in [4.69, 9.17) is 0 Å². The van der Waals surface area contributed by atoms with Crippen LogP contribution in [-0.2, 0) is 0 Å². The van der Waals surface area contributed by atoms with Crippen molar-refractivity contribution in [1.82, 2.24) is 4.90 Å². The van der Waals surface area contributed by atoms with E-state index in [2.05, 4.69) is 0 Å². The minimum Gasteiger partial charge on any atom is -0.394 e. The van der Waals surface area contributed by atoms with Crippen molar-refractivity contribution in [2.45, 2.75) is 19.4 Å². The van der Waals surface area contributed by atoms with E-state index in [1.165, 1.54) is 29.2 Å². The molecule has 1 N–H and O–H groups in total. The molecular formula is C12H16N2O4. The fourth-order valence-corrected chi connectivity index (χ4v) is 1.33. The van der Waals surface area contributed by atoms with E-state index in [1.807, 2.05) is 0 Å². The molecule has 1 rings (SSSR count). The van der Waals surface area contributed by atoms with Gasteiger partial charge in [-0.05, 0) is 19.9 Å². The van der Waals surface area contributed by atoms with Gasteiger partial charge in [-0.15, -0.1) is 0 Å². The Balaban J connectivity index is 3.04. The van der Waals surface area contributed by atoms with Gasteiger partial charge in [-0.1, -0.05) is 6.07 Å². The van der Waals surface area contributed by atoms with Gasteiger partial charge >= 0.3 is 0 Å². The number of aliphatic hydroxyl groups excluding tert-OH is 1. The maximum atomic E-state index is 12.1. The molecule has 0 unspecified atom stereocenters. The van der Waals surface area contributed by atoms with Crippen molar-refractivity contribution in [1.29, 1.82) is 0 Å². The quantitative estimate of drug-likeness (QED) is 0.649. The third kappa shape index (κ3) is 2.84. The molecule has 0 aromatic heterocycles. The molecule has 0 atom stereocenters. The molecule has 6 heteroatoms. The van der Waals surface area contributed by atoms with Crippen molar-refractivity contribution in [2.24, 2.45) is 0 Å². The minimum absolute atomic E-state index is 0.129. The Bertz CT molecular complexity index is 471. The summed E-state index contributed by atoms with van der Waals surface area (Å²) < 4.78 is 0. The summed E-state index contributed by atoms with van der Waals surface area (Å²) in [6, 6.07) is 5.53. The monoisotopic (exact) mass is 252 g/mol. The van der Waals surface area contributed by atoms with E-state index in [-0.39, 0.29) is 23.8 Å². The first-order chi connectivity index (χ1) is 8.29. The van der Waals surface area contributed by atoms with Crippen molar-refractivity contribution in [3.8, 4) is 0 Å². The zero-order valence-corrected chi connectivity index (χ0v) is 10.6. The van der Waals surface area contributed by atoms with Crippen LogP contribution >= 0.6 is 0 Å². The molecule has 1 aromatic carbocycles. The van der Waals surface area contributed by atoms with Crippen LogP contribution in [0.5, 0.6) is 0 Å². The number of nitro groups is 1. The van der Waals surface area contributed by atoms with E-state index in [1.54, 1.807) is 20.9 Å². The van der Waals surface area contributed by atoms with Crippen molar-refractivity contribution in [3.63, 3.8) is 0 Å². The lowest BCUT2D eigenvalue weighted by molar-refractivity contribution is -0.384. The molecular weight excluding hydrogens is 236 g/mol. The molecule has 0 aliphatic heterocycles. The number of carbonyl (C=O) groups is 1. The van der Waals surface area contributed by atoms with E-state index < -0.39 is 10.5 Å². The molecule has 0 saturated carbocycles. The van der Waals surface area contributed by atoms with E-state index in [9.17, 15) is 20.0 Å². The number of hydrogen-bond acceptors (Lipinski definition) is 4. The average molecular weight is 252 g/mol. The highest BCUT2D eigenvalue weighted by Crippen LogP contribution is 2.18. The van der Waals surface area contributed by atoms with E-state index >= 15 is 0 Å². The van der Waals surface area contributed by atoms with Gasteiger partial charge in [0.25, 0.3) is 11.6 Å². The van der Waals surface area contributed by atoms with Crippen LogP contribution in [0.3, 0.4) is 0 Å². The van der Waals surface area contributed by atoms with Crippen LogP contribution in [0.25, 0.3) is 0 Å². The second kappa shape index (κ2) is 5.14. The number of nitro benzene ring substituents is 1. The topological polar surface area (TPSA) is 83.7 Å². The molecule has 18 heavy (non-hydrogen) atoms. The molecule has 0 spiro atoms. The highest BCUT2D eigenvalue weighted by atomic mass is 16.6. The van der Waals surface area contributed by atoms with E-state index in [0.717, 1.165) is 0 Å². The lowest BCUT2D eigenvalue weighted by atomic mass is 10.0. The Kier molecular flexibility index (Phi) is 4.03. The third-order valence-corrected chi connectivity index (χ3v) is 2.90. The smallest absolute Gasteiger partial charge is 0.270 e. The maximum absolute atomic E-state index is 12.1. The van der Waals surface area contributed by atoms with Gasteiger partial charge in [0.2, 0.25) is 0 Å². The van der Waals surface area contributed by atoms with Crippen LogP contribution in [0.15, 0.2) is 24.3 Å². The molecule has 98 valence electrons. The van der Waals surface area contributed by atoms with Crippen LogP contribution in [0.1, 0.15) is 24.2 Å². The standard InChI is InChI=1S/C12H16N2O4/c1-12(2,8-15)13(3)11(16)9-5-4-6-10(7-9)14(17)18/h4-7,15H,8H2,1-3H3. The summed E-state index contributed by atoms with van der Waals surface area (Å²) in [5, 5.41) is 19.8. The number of amides is 1. The Morgan fingerprint density at radius 2 is 2.11 bits per heavy atom. The minimum atomic E-state index is -0.721. The van der Waals surface area contributed by atoms with Gasteiger partial charge in [0.05, 0.1) is 17.1 Å². The van der Waals surface area contributed by atoms with Gasteiger partial charge < -0.3 is 10.0 Å². The van der Waals surface area contributed by atoms with E-state index in [0.29, 0.717) is 0 Å². The second-order valence-corrected chi connectivity index (χ2v) is 4.64. The number of aliphatic hydroxyl groups is 1. The first kappa shape index (κ1) is 14.1. The van der Waals surface area contributed by atoms with Crippen LogP contribution < -0.4 is 0 Å². The largest absolute Gasteiger partial charge is 0.394 e. The van der Waals surface area contributed by atoms with Gasteiger partial charge in [-0.2, -0.15) is 0 Å². The van der Waals surface area contributed by atoms with Gasteiger partial charge in [-0.25, -0.2) is 0 Å². The summed E-state index contributed by atoms with van der Waals surface area (Å²) in [5.74, 6) is -0.363. The van der Waals surface area contributed by atoms with Crippen LogP contribution in [-0.4, -0.2) is 40.0 Å². The molecule has 0 aliphatic rings. The number of rotatable bonds is 4. The third-order valence-electron chi connectivity index (χ3n) is 2.90. The molecule has 0 fully saturated rings. The fraction of sp³-hybridized carbons (Fsp3) is 0.417. The first-order valence-electron chi connectivity index (χ1n) is 5.43. The molecule has 6 nitrogen and oxygen atoms in total. The average Bonchev–Trinajstić information content (AvgIpc) is 2.37. The summed E-state index contributed by atoms with van der Waals surface area (Å²) in [6.45, 7) is 3.23. The Labute approximate surface area is 105 Å². The van der Waals surface area contributed by atoms with Crippen LogP contribution in [0, 0.1) is 10.1 Å². The van der Waals surface area contributed by atoms with Gasteiger partial charge in [0, 0.05) is 24.7 Å². The van der Waals surface area contributed by atoms with Crippen LogP contribution in [0.2, 0.25) is 0 Å². The molecule has 0 radical (unpaired) electrons. The molecule has 0 heterocycles. The Morgan fingerprint density at radius 1 is 1.50 bits per heavy atom. The van der Waals surface area contributed by atoms with Crippen molar-refractivity contribution >= 4 is 11.6 Å². The first-order valence-corrected chi connectivity index (χ1v) is 5.43. The molecule has 0 saturated heterocycles. The molecule has 1 aromatic rings. The predicted octanol–water partition coefficient (Wildman–Crippen LogP) is 1.44. The van der Waals surface area contributed by atoms with Crippen molar-refractivity contribution in [3.05, 3.63) is 39.9 Å². The van der Waals surface area contributed by atoms with Gasteiger partial charge in [0.1, 0.15) is 0 Å². The maximum Gasteiger partial charge on any atom is 0.270 e. The summed E-state index contributed by atoms with van der Waals surface area (Å²) in [4.78, 5) is 23.6. The van der Waals surface area contributed by atoms with Gasteiger partial charge in [-0.3, -0.25) is 14.9 Å². The normalized spacial score (nSPS) is 11.1. The summed E-state index contributed by atoms with van der Waals surface area (Å²) >= 11 is 0. The second-order valence-electron chi connectivity index (χ2n) is 4.64. The number of likely N-dealkylation sites (N-methyl/N-ethyl adjacent to an activating group) is 1. The predicted molar refractivity (Wildman–Crippen MR) is 66.4 cm³/mol. The highest BCUT2D eigenvalue weighted by Gasteiger charge is 2.28. The van der Waals surface area contributed by atoms with Crippen LogP contribution in [0.4, 0.5) is 5.69 Å². The number of nitrogens with zero attached hydrogens (tertiary/aromatic N) is 2. The number of hydrogen-bond donors (Lipinski definition) is 1. The fourth-order valence-electron chi connectivity index (χ4n) is 1.33. The summed E-state index contributed by atoms with van der Waals surface area (Å²) in [5.41, 5.74) is -0.619. The number of carbonyl (C=O) groups excluding carboxylic acids is 1. The summed E-state index contributed by atoms with van der Waals surface area (Å²) in [7, 11) is 1.55. The Morgan fingerprint density at radius 3 is 2.61 bits per heavy atom. The lowest BCUT2D eigenvalue weighted by Gasteiger charge is -2.33. The Hall–Kier alpha value is -1.95. The molecule has 0 aliphatic carbocycles.